The van der Waals surface area contributed by atoms with E-state index in [9.17, 15) is 41.2 Å². The average Bonchev–Trinajstić information content (AvgIpc) is 3.44. The Morgan fingerprint density at radius 3 is 2.13 bits per heavy atom. The molecule has 0 aliphatic carbocycles. The number of rotatable bonds is 18. The minimum Gasteiger partial charge on any atom is -0.418 e. The molecule has 2 atom stereocenters. The molecule has 0 saturated heterocycles. The molecule has 3 N–H and O–H groups in total. The normalized spacial score (nSPS) is 12.5. The zero-order valence-electron chi connectivity index (χ0n) is 24.7. The van der Waals surface area contributed by atoms with Crippen molar-refractivity contribution in [1.82, 2.24) is 15.6 Å². The van der Waals surface area contributed by atoms with Gasteiger partial charge in [0.2, 0.25) is 46.6 Å². The molecule has 0 radical (unpaired) electrons. The molecule has 0 saturated carbocycles. The fraction of sp³-hybridized carbons (Fsp3) is 0.452. The molecule has 2 unspecified atom stereocenters. The van der Waals surface area contributed by atoms with Gasteiger partial charge in [0.05, 0.1) is 6.54 Å². The zero-order chi connectivity index (χ0) is 32.9. The second kappa shape index (κ2) is 17.2. The Bertz CT molecular complexity index is 1470. The van der Waals surface area contributed by atoms with Crippen LogP contribution in [0.4, 0.5) is 22.0 Å². The number of carbonyl (C=O) groups is 3. The molecule has 1 aromatic heterocycles. The molecule has 2 amide bonds. The number of H-pyrrole nitrogens is 1. The predicted molar refractivity (Wildman–Crippen MR) is 156 cm³/mol. The Hall–Kier alpha value is -4.36. The number of hydrogen-bond acceptors (Lipinski definition) is 6. The van der Waals surface area contributed by atoms with Crippen molar-refractivity contribution >= 4 is 28.7 Å². The van der Waals surface area contributed by atoms with Crippen molar-refractivity contribution in [2.24, 2.45) is 5.18 Å². The third-order valence-electron chi connectivity index (χ3n) is 7.24. The number of ether oxygens (including phenoxy) is 1. The van der Waals surface area contributed by atoms with Crippen LogP contribution in [-0.4, -0.2) is 41.4 Å². The van der Waals surface area contributed by atoms with E-state index in [1.807, 2.05) is 6.07 Å². The number of para-hydroxylation sites is 1. The van der Waals surface area contributed by atoms with E-state index in [0.29, 0.717) is 12.0 Å². The molecule has 3 rings (SSSR count). The first kappa shape index (κ1) is 35.1. The highest BCUT2D eigenvalue weighted by atomic mass is 19.2. The Balaban J connectivity index is 1.78. The third kappa shape index (κ3) is 9.56. The third-order valence-corrected chi connectivity index (χ3v) is 7.24. The van der Waals surface area contributed by atoms with Crippen LogP contribution in [0.3, 0.4) is 0 Å². The highest BCUT2D eigenvalue weighted by molar-refractivity contribution is 5.92. The first-order chi connectivity index (χ1) is 21.6. The number of nitroso groups, excluding NO2 is 1. The molecule has 244 valence electrons. The fourth-order valence-electron chi connectivity index (χ4n) is 4.79. The van der Waals surface area contributed by atoms with E-state index in [-0.39, 0.29) is 12.8 Å². The number of nitrogens with zero attached hydrogens (tertiary/aromatic N) is 1. The zero-order valence-corrected chi connectivity index (χ0v) is 24.7. The highest BCUT2D eigenvalue weighted by Crippen LogP contribution is 2.29. The summed E-state index contributed by atoms with van der Waals surface area (Å²) in [6.07, 6.45) is 8.01. The van der Waals surface area contributed by atoms with Gasteiger partial charge in [0.1, 0.15) is 12.1 Å². The summed E-state index contributed by atoms with van der Waals surface area (Å²) in [4.78, 5) is 53.0. The molecule has 0 spiro atoms. The lowest BCUT2D eigenvalue weighted by Gasteiger charge is -2.22. The predicted octanol–water partition coefficient (Wildman–Crippen LogP) is 6.28. The molecule has 0 fully saturated rings. The van der Waals surface area contributed by atoms with E-state index >= 15 is 0 Å². The molecule has 0 aliphatic heterocycles. The van der Waals surface area contributed by atoms with Crippen LogP contribution in [-0.2, 0) is 20.8 Å². The number of carbonyl (C=O) groups excluding carboxylic acids is 3. The lowest BCUT2D eigenvalue weighted by molar-refractivity contribution is -0.140. The van der Waals surface area contributed by atoms with Gasteiger partial charge in [0.25, 0.3) is 0 Å². The lowest BCUT2D eigenvalue weighted by atomic mass is 10.0. The van der Waals surface area contributed by atoms with E-state index in [0.717, 1.165) is 49.4 Å². The summed E-state index contributed by atoms with van der Waals surface area (Å²) in [5.74, 6) is -16.8. The number of unbranched alkanes of at least 4 members (excludes halogenated alkanes) is 6. The maximum Gasteiger partial charge on any atom is 0.334 e. The minimum absolute atomic E-state index is 0.0378. The molecule has 0 bridgehead atoms. The van der Waals surface area contributed by atoms with Crippen LogP contribution < -0.4 is 15.4 Å². The second-order valence-corrected chi connectivity index (χ2v) is 10.6. The molecule has 1 heterocycles. The molecule has 3 aromatic rings. The summed E-state index contributed by atoms with van der Waals surface area (Å²) in [7, 11) is 0. The number of esters is 1. The molecular formula is C31H35F5N4O5. The number of fused-ring (bicyclic) bond motifs is 1. The van der Waals surface area contributed by atoms with Gasteiger partial charge in [-0.3, -0.25) is 9.59 Å². The summed E-state index contributed by atoms with van der Waals surface area (Å²) in [5.41, 5.74) is 1.42. The topological polar surface area (TPSA) is 130 Å². The standard InChI is InChI=1S/C31H35F5N4O5/c1-2-3-4-5-6-7-8-13-23(41)39-22(16-18-17-37-20-12-10-9-11-19(18)20)30(42)40-21(14-15-38-44)31(43)45-29-27(35)25(33)24(32)26(34)28(29)36/h9-12,17,21-22,37H,2-8,13-16H2,1H3,(H,39,41)(H,40,42). The van der Waals surface area contributed by atoms with Gasteiger partial charge in [-0.05, 0) is 18.1 Å². The summed E-state index contributed by atoms with van der Waals surface area (Å²) in [5, 5.41) is 8.29. The van der Waals surface area contributed by atoms with Crippen molar-refractivity contribution in [2.75, 3.05) is 6.54 Å². The number of hydrogen-bond donors (Lipinski definition) is 3. The second-order valence-electron chi connectivity index (χ2n) is 10.6. The van der Waals surface area contributed by atoms with Gasteiger partial charge in [0.15, 0.2) is 0 Å². The van der Waals surface area contributed by atoms with Crippen molar-refractivity contribution < 1.29 is 41.1 Å². The maximum absolute atomic E-state index is 14.2. The molecule has 45 heavy (non-hydrogen) atoms. The van der Waals surface area contributed by atoms with E-state index in [4.69, 9.17) is 0 Å². The van der Waals surface area contributed by atoms with Crippen LogP contribution in [0.25, 0.3) is 10.9 Å². The van der Waals surface area contributed by atoms with Gasteiger partial charge in [-0.15, -0.1) is 0 Å². The summed E-state index contributed by atoms with van der Waals surface area (Å²) >= 11 is 0. The molecule has 0 aliphatic rings. The van der Waals surface area contributed by atoms with Gasteiger partial charge in [-0.25, -0.2) is 18.0 Å². The van der Waals surface area contributed by atoms with Gasteiger partial charge in [0, 0.05) is 36.4 Å². The maximum atomic E-state index is 14.2. The first-order valence-corrected chi connectivity index (χ1v) is 14.8. The number of halogens is 5. The van der Waals surface area contributed by atoms with Gasteiger partial charge < -0.3 is 20.4 Å². The summed E-state index contributed by atoms with van der Waals surface area (Å²) in [6, 6.07) is 4.15. The van der Waals surface area contributed by atoms with Crippen LogP contribution in [0, 0.1) is 34.0 Å². The number of aromatic nitrogens is 1. The number of benzene rings is 2. The fourth-order valence-corrected chi connectivity index (χ4v) is 4.79. The first-order valence-electron chi connectivity index (χ1n) is 14.8. The lowest BCUT2D eigenvalue weighted by Crippen LogP contribution is -2.53. The van der Waals surface area contributed by atoms with Crippen LogP contribution in [0.1, 0.15) is 70.3 Å². The van der Waals surface area contributed by atoms with Crippen molar-refractivity contribution in [1.29, 1.82) is 0 Å². The van der Waals surface area contributed by atoms with Gasteiger partial charge in [-0.2, -0.15) is 13.7 Å². The minimum atomic E-state index is -2.45. The molecule has 2 aromatic carbocycles. The molecule has 14 heteroatoms. The Labute approximate surface area is 256 Å². The van der Waals surface area contributed by atoms with Gasteiger partial charge in [-0.1, -0.05) is 68.8 Å². The van der Waals surface area contributed by atoms with E-state index in [2.05, 4.69) is 32.5 Å². The van der Waals surface area contributed by atoms with Crippen LogP contribution in [0.15, 0.2) is 35.6 Å². The van der Waals surface area contributed by atoms with Gasteiger partial charge >= 0.3 is 5.97 Å². The summed E-state index contributed by atoms with van der Waals surface area (Å²) < 4.78 is 73.5. The largest absolute Gasteiger partial charge is 0.418 e. The SMILES string of the molecule is CCCCCCCCCC(=O)NC(Cc1c[nH]c2ccccc12)C(=O)NC(CCN=O)C(=O)Oc1c(F)c(F)c(F)c(F)c1F. The highest BCUT2D eigenvalue weighted by Gasteiger charge is 2.33. The number of nitrogens with one attached hydrogen (secondary N) is 3. The van der Waals surface area contributed by atoms with Crippen LogP contribution >= 0.6 is 0 Å². The number of aromatic amines is 1. The van der Waals surface area contributed by atoms with Crippen molar-refractivity contribution in [3.05, 3.63) is 70.0 Å². The smallest absolute Gasteiger partial charge is 0.334 e. The quantitative estimate of drug-likeness (QED) is 0.0287. The monoisotopic (exact) mass is 638 g/mol. The van der Waals surface area contributed by atoms with Crippen molar-refractivity contribution in [3.8, 4) is 5.75 Å². The average molecular weight is 639 g/mol. The van der Waals surface area contributed by atoms with Crippen LogP contribution in [0.5, 0.6) is 5.75 Å². The molecule has 9 nitrogen and oxygen atoms in total. The molecular weight excluding hydrogens is 603 g/mol. The van der Waals surface area contributed by atoms with E-state index < -0.39 is 77.7 Å². The Morgan fingerprint density at radius 2 is 1.47 bits per heavy atom. The van der Waals surface area contributed by atoms with Crippen molar-refractivity contribution in [2.45, 2.75) is 83.2 Å². The van der Waals surface area contributed by atoms with E-state index in [1.165, 1.54) is 0 Å². The summed E-state index contributed by atoms with van der Waals surface area (Å²) in [6.45, 7) is 1.54. The Kier molecular flexibility index (Phi) is 13.4. The Morgan fingerprint density at radius 1 is 0.844 bits per heavy atom. The number of amides is 2. The van der Waals surface area contributed by atoms with E-state index in [1.54, 1.807) is 24.4 Å². The van der Waals surface area contributed by atoms with Crippen molar-refractivity contribution in [3.63, 3.8) is 0 Å². The van der Waals surface area contributed by atoms with Crippen LogP contribution in [0.2, 0.25) is 0 Å².